The first-order chi connectivity index (χ1) is 56.1. The summed E-state index contributed by atoms with van der Waals surface area (Å²) in [6.45, 7) is 2.79. The summed E-state index contributed by atoms with van der Waals surface area (Å²) in [6, 6.07) is 37.3. The number of phenols is 2. The van der Waals surface area contributed by atoms with Crippen molar-refractivity contribution in [2.24, 2.45) is 0 Å². The third-order valence-electron chi connectivity index (χ3n) is 14.8. The number of carboxylic acid groups (broad SMARTS) is 1. The number of aliphatic carboxylic acids is 1. The molecule has 12 rings (SSSR count). The summed E-state index contributed by atoms with van der Waals surface area (Å²) < 4.78 is 238. The zero-order chi connectivity index (χ0) is 88.4. The van der Waals surface area contributed by atoms with E-state index in [2.05, 4.69) is 14.2 Å². The molecule has 0 amide bonds. The molecule has 3 heterocycles. The first-order valence-corrected chi connectivity index (χ1v) is 35.7. The van der Waals surface area contributed by atoms with Gasteiger partial charge < -0.3 is 67.4 Å². The number of hydrogen-bond donors (Lipinski definition) is 3. The molecular weight excluding hydrogens is 1770 g/mol. The first kappa shape index (κ1) is 97.0. The Morgan fingerprint density at radius 1 is 0.429 bits per heavy atom. The fraction of sp³-hybridized carbons (Fsp3) is 0.177. The molecule has 0 aromatic heterocycles. The van der Waals surface area contributed by atoms with E-state index in [0.29, 0.717) is 23.5 Å². The van der Waals surface area contributed by atoms with Gasteiger partial charge in [0.05, 0.1) is 92.9 Å². The van der Waals surface area contributed by atoms with Crippen LogP contribution in [0.2, 0.25) is 35.2 Å². The predicted octanol–water partition coefficient (Wildman–Crippen LogP) is 23.0. The van der Waals surface area contributed by atoms with Crippen LogP contribution in [0.1, 0.15) is 51.3 Å². The maximum absolute atomic E-state index is 13.8. The van der Waals surface area contributed by atoms with Gasteiger partial charge >= 0.3 is 36.4 Å². The summed E-state index contributed by atoms with van der Waals surface area (Å²) in [5.41, 5.74) is -3.18. The Kier molecular flexibility index (Phi) is 36.5. The van der Waals surface area contributed by atoms with E-state index in [1.165, 1.54) is 94.8 Å². The van der Waals surface area contributed by atoms with Gasteiger partial charge in [-0.1, -0.05) is 118 Å². The molecule has 0 saturated carbocycles. The van der Waals surface area contributed by atoms with E-state index >= 15 is 0 Å². The summed E-state index contributed by atoms with van der Waals surface area (Å²) in [4.78, 5) is 55.6. The Morgan fingerprint density at radius 2 is 0.798 bits per heavy atom. The number of phenolic OH excluding ortho intramolecular Hbond substituents is 2. The lowest BCUT2D eigenvalue weighted by Gasteiger charge is -2.28. The van der Waals surface area contributed by atoms with Crippen molar-refractivity contribution in [1.29, 1.82) is 0 Å². The van der Waals surface area contributed by atoms with Crippen molar-refractivity contribution in [2.45, 2.75) is 50.7 Å². The highest BCUT2D eigenvalue weighted by molar-refractivity contribution is 6.34. The molecular formula is C79H57Cl7F14O19. The van der Waals surface area contributed by atoms with Gasteiger partial charge in [0.25, 0.3) is 0 Å². The third-order valence-corrected chi connectivity index (χ3v) is 16.9. The van der Waals surface area contributed by atoms with Crippen LogP contribution in [0.25, 0.3) is 18.2 Å². The highest BCUT2D eigenvalue weighted by atomic mass is 35.5. The number of benzene rings is 9. The molecule has 9 aromatic carbocycles. The van der Waals surface area contributed by atoms with Gasteiger partial charge in [0.1, 0.15) is 63.4 Å². The second kappa shape index (κ2) is 44.8. The Bertz CT molecular complexity index is 5160. The maximum Gasteiger partial charge on any atom is 0.430 e. The average Bonchev–Trinajstić information content (AvgIpc) is 0.768. The lowest BCUT2D eigenvalue weighted by atomic mass is 10.0. The van der Waals surface area contributed by atoms with E-state index in [4.69, 9.17) is 134 Å². The minimum Gasteiger partial charge on any atom is -0.508 e. The molecule has 634 valence electrons. The predicted molar refractivity (Wildman–Crippen MR) is 408 cm³/mol. The molecule has 0 fully saturated rings. The third kappa shape index (κ3) is 27.3. The Morgan fingerprint density at radius 3 is 1.20 bits per heavy atom. The summed E-state index contributed by atoms with van der Waals surface area (Å²) in [7, 11) is 2.92. The van der Waals surface area contributed by atoms with Gasteiger partial charge in [-0.05, 0) is 141 Å². The number of carboxylic acids is 1. The van der Waals surface area contributed by atoms with Crippen LogP contribution < -0.4 is 33.2 Å². The molecule has 3 N–H and O–H groups in total. The monoisotopic (exact) mass is 1820 g/mol. The molecule has 0 bridgehead atoms. The Balaban J connectivity index is 0.000000223. The fourth-order valence-electron chi connectivity index (χ4n) is 9.48. The van der Waals surface area contributed by atoms with Gasteiger partial charge in [-0.3, -0.25) is 9.59 Å². The number of rotatable bonds is 17. The van der Waals surface area contributed by atoms with Crippen LogP contribution in [0.4, 0.5) is 61.5 Å². The zero-order valence-electron chi connectivity index (χ0n) is 60.8. The number of carbonyl (C=O) groups is 5. The van der Waals surface area contributed by atoms with E-state index in [0.717, 1.165) is 42.5 Å². The smallest absolute Gasteiger partial charge is 0.430 e. The molecule has 119 heavy (non-hydrogen) atoms. The Hall–Kier alpha value is -10.9. The highest BCUT2D eigenvalue weighted by Gasteiger charge is 2.52. The van der Waals surface area contributed by atoms with Crippen LogP contribution in [0.5, 0.6) is 63.2 Å². The quantitative estimate of drug-likeness (QED) is 0.0332. The number of aromatic hydroxyl groups is 2. The molecule has 3 aliphatic rings. The van der Waals surface area contributed by atoms with Crippen molar-refractivity contribution in [3.63, 3.8) is 0 Å². The number of para-hydroxylation sites is 2. The molecule has 3 atom stereocenters. The van der Waals surface area contributed by atoms with Crippen molar-refractivity contribution in [1.82, 2.24) is 0 Å². The molecule has 19 nitrogen and oxygen atoms in total. The van der Waals surface area contributed by atoms with Gasteiger partial charge in [0.15, 0.2) is 55.1 Å². The van der Waals surface area contributed by atoms with Crippen molar-refractivity contribution >= 4 is 130 Å². The minimum absolute atomic E-state index is 0.0183. The average molecular weight is 1820 g/mol. The second-order valence-corrected chi connectivity index (χ2v) is 25.8. The fourth-order valence-corrected chi connectivity index (χ4v) is 10.6. The van der Waals surface area contributed by atoms with E-state index in [9.17, 15) is 85.4 Å². The molecule has 40 heteroatoms. The van der Waals surface area contributed by atoms with Crippen LogP contribution in [0, 0.1) is 29.1 Å². The van der Waals surface area contributed by atoms with Gasteiger partial charge in [-0.15, -0.1) is 0 Å². The maximum atomic E-state index is 13.8. The summed E-state index contributed by atoms with van der Waals surface area (Å²) in [5.74, 6) is -7.47. The standard InChI is InChI=1S/C19H14ClF3O4.C17H10ClF3O4.C13H9ClF4O3.C9H8ClFO3.C8H8ClFO2.C7H4ClFO2.C6H4ClFO/c1-2-25-18(24)13-10-12-15(27-17(13)19(21,22)23)9-8-14(20)16(12)26-11-6-4-3-5-7-11;18-12-6-7-13-10(14(12)24-9-4-2-1-3-5-9)8-11(16(22)23)15(25-13)17(19,20)21;1-2-20-12(19)7-5-6-9(4-3-8(14)10(6)15)21-11(7)13(16,17)18;1-13-5-14-8-3-2-7(10)9(11)6(8)4-12;1-11-5-12-6-2-3-7(9)8(10)4-6;8-5-1-2-6(11)4(3-10)7(5)9;7-5-2-1-4(9)3-6(5)8/h3-10,17H,2H2,1H3;1-8,15H,(H,22,23);3-5,11H,2H2,1H3;2-4H,5H2,1H3;2-4H,5H2,1H3;1-3,11H;1-3,9H. The van der Waals surface area contributed by atoms with Gasteiger partial charge in [0.2, 0.25) is 18.3 Å². The second-order valence-electron chi connectivity index (χ2n) is 22.9. The molecule has 0 saturated heterocycles. The number of carbonyl (C=O) groups excluding carboxylic acids is 4. The van der Waals surface area contributed by atoms with Crippen LogP contribution >= 0.6 is 81.2 Å². The Labute approximate surface area is 700 Å². The van der Waals surface area contributed by atoms with Crippen molar-refractivity contribution in [3.05, 3.63) is 267 Å². The van der Waals surface area contributed by atoms with Crippen molar-refractivity contribution < 1.29 is 153 Å². The minimum atomic E-state index is -4.87. The van der Waals surface area contributed by atoms with Crippen LogP contribution in [0.15, 0.2) is 174 Å². The van der Waals surface area contributed by atoms with E-state index in [-0.39, 0.29) is 131 Å². The highest BCUT2D eigenvalue weighted by Crippen LogP contribution is 2.48. The van der Waals surface area contributed by atoms with Crippen molar-refractivity contribution in [3.8, 4) is 63.2 Å². The van der Waals surface area contributed by atoms with Gasteiger partial charge in [0, 0.05) is 26.4 Å². The topological polar surface area (TPSA) is 248 Å². The largest absolute Gasteiger partial charge is 0.508 e. The van der Waals surface area contributed by atoms with Crippen LogP contribution in [-0.2, 0) is 33.3 Å². The number of alkyl halides is 9. The van der Waals surface area contributed by atoms with E-state index < -0.39 is 112 Å². The number of fused-ring (bicyclic) bond motifs is 3. The molecule has 0 aliphatic carbocycles. The van der Waals surface area contributed by atoms with Crippen molar-refractivity contribution in [2.75, 3.05) is 41.0 Å². The number of halogens is 21. The molecule has 0 radical (unpaired) electrons. The number of esters is 2. The number of methoxy groups -OCH3 is 2. The summed E-state index contributed by atoms with van der Waals surface area (Å²) >= 11 is 39.4. The van der Waals surface area contributed by atoms with Crippen LogP contribution in [-0.4, -0.2) is 124 Å². The molecule has 0 spiro atoms. The first-order valence-electron chi connectivity index (χ1n) is 33.0. The summed E-state index contributed by atoms with van der Waals surface area (Å²) in [5, 5.41) is 26.4. The molecule has 3 aliphatic heterocycles. The van der Waals surface area contributed by atoms with Gasteiger partial charge in [-0.25, -0.2) is 36.3 Å². The molecule has 3 unspecified atom stereocenters. The lowest BCUT2D eigenvalue weighted by Crippen LogP contribution is -2.41. The van der Waals surface area contributed by atoms with Gasteiger partial charge in [-0.2, -0.15) is 39.5 Å². The van der Waals surface area contributed by atoms with E-state index in [1.54, 1.807) is 66.7 Å². The van der Waals surface area contributed by atoms with E-state index in [1.807, 2.05) is 0 Å². The normalized spacial score (nSPS) is 14.0. The number of aldehydes is 2. The SMILES string of the molecule is CCOC(=O)C1=Cc2c(ccc(Cl)c2F)OC1C(F)(F)F.CCOC(=O)C1=Cc2c(ccc(Cl)c2Oc2ccccc2)OC1C(F)(F)F.COCOc1ccc(Cl)c(F)c1.COCOc1ccc(Cl)c(F)c1C=O.O=C(O)C1=Cc2c(ccc(Cl)c2Oc2ccccc2)OC1C(F)(F)F.O=Cc1c(O)ccc(Cl)c1F.Oc1ccc(Cl)c(F)c1. The summed E-state index contributed by atoms with van der Waals surface area (Å²) in [6.07, 6.45) is -18.8. The number of ether oxygens (including phenoxy) is 11. The number of hydrogen-bond acceptors (Lipinski definition) is 18. The molecule has 9 aromatic rings. The lowest BCUT2D eigenvalue weighted by molar-refractivity contribution is -0.188. The van der Waals surface area contributed by atoms with Crippen LogP contribution in [0.3, 0.4) is 0 Å². The zero-order valence-corrected chi connectivity index (χ0v) is 66.1.